The van der Waals surface area contributed by atoms with E-state index in [-0.39, 0.29) is 49.2 Å². The van der Waals surface area contributed by atoms with Gasteiger partial charge in [0, 0.05) is 19.0 Å². The fraction of sp³-hybridized carbons (Fsp3) is 0.469. The van der Waals surface area contributed by atoms with Gasteiger partial charge in [0.25, 0.3) is 0 Å². The van der Waals surface area contributed by atoms with E-state index in [4.69, 9.17) is 25.8 Å². The van der Waals surface area contributed by atoms with E-state index in [0.717, 1.165) is 41.1 Å². The average molecular weight is 923 g/mol. The number of phenolic OH excluding ortho intramolecular Hbond substituents is 1. The molecule has 0 fully saturated rings. The Morgan fingerprint density at radius 2 is 1.06 bits per heavy atom. The first-order chi connectivity index (χ1) is 29.1. The van der Waals surface area contributed by atoms with E-state index in [9.17, 15) is 41.0 Å². The van der Waals surface area contributed by atoms with Gasteiger partial charge in [-0.15, -0.1) is 11.6 Å². The second-order valence-corrected chi connectivity index (χ2v) is 18.2. The quantitative estimate of drug-likeness (QED) is 0.153. The summed E-state index contributed by atoms with van der Waals surface area (Å²) in [6.07, 6.45) is -8.03. The van der Waals surface area contributed by atoms with Crippen LogP contribution in [0.3, 0.4) is 0 Å². The summed E-state index contributed by atoms with van der Waals surface area (Å²) >= 11 is 5.51. The number of alkyl halides is 7. The van der Waals surface area contributed by atoms with Crippen molar-refractivity contribution in [1.82, 2.24) is 0 Å². The normalized spacial score (nSPS) is 13.5. The fourth-order valence-electron chi connectivity index (χ4n) is 6.91. The molecule has 0 unspecified atom stereocenters. The highest BCUT2D eigenvalue weighted by atomic mass is 35.5. The molecule has 352 valence electrons. The first kappa shape index (κ1) is 53.2. The van der Waals surface area contributed by atoms with E-state index < -0.39 is 40.8 Å². The van der Waals surface area contributed by atoms with Crippen LogP contribution in [0.4, 0.5) is 47.3 Å². The molecule has 0 aliphatic carbocycles. The maximum absolute atomic E-state index is 13.4. The highest BCUT2D eigenvalue weighted by Gasteiger charge is 2.36. The third kappa shape index (κ3) is 14.7. The van der Waals surface area contributed by atoms with Gasteiger partial charge in [-0.2, -0.15) is 26.3 Å². The number of anilines is 2. The lowest BCUT2D eigenvalue weighted by Gasteiger charge is -2.24. The van der Waals surface area contributed by atoms with Gasteiger partial charge < -0.3 is 19.3 Å². The third-order valence-electron chi connectivity index (χ3n) is 9.78. The van der Waals surface area contributed by atoms with Crippen LogP contribution in [0.5, 0.6) is 11.5 Å². The third-order valence-corrected chi connectivity index (χ3v) is 10.1. The molecule has 2 aliphatic heterocycles. The number of carbonyl (C=O) groups excluding carboxylic acids is 2. The van der Waals surface area contributed by atoms with Crippen LogP contribution in [0.2, 0.25) is 0 Å². The Labute approximate surface area is 378 Å². The largest absolute Gasteiger partial charge is 0.508 e. The van der Waals surface area contributed by atoms with Crippen molar-refractivity contribution in [2.45, 2.75) is 137 Å². The molecule has 15 heteroatoms. The molecule has 64 heavy (non-hydrogen) atoms. The van der Waals surface area contributed by atoms with Gasteiger partial charge in [-0.3, -0.25) is 9.80 Å². The molecule has 0 spiro atoms. The Kier molecular flexibility index (Phi) is 17.7. The number of ether oxygens (including phenoxy) is 3. The molecule has 1 N–H and O–H groups in total. The minimum Gasteiger partial charge on any atom is -0.508 e. The summed E-state index contributed by atoms with van der Waals surface area (Å²) in [6.45, 7) is 19.1. The fourth-order valence-corrected chi connectivity index (χ4v) is 7.08. The molecule has 0 atom stereocenters. The number of hydrogen-bond acceptors (Lipinski definition) is 6. The standard InChI is InChI=1S/C24H28F3NO3.C13H17NO3.C11H12ClF3.CH4/c1-15(2)19-8-6-16(12-20(19)24(25,26)27)14-30-18-7-9-21-17(13-18)10-11-28(21)22(29)31-23(3,4)5;1-13(2,3)17-12(16)14-7-6-9-8-10(15)4-5-11(9)14;1-7(2)9-4-3-8(6-12)5-10(9)11(13,14)15;/h6-9,12-13,15H,10-11,14H2,1-5H3;4-5,8,15H,6-7H2,1-3H3;3-5,7H,6H2,1-2H3;1H4. The number of amides is 2. The molecule has 2 amide bonds. The van der Waals surface area contributed by atoms with Gasteiger partial charge in [-0.05, 0) is 148 Å². The van der Waals surface area contributed by atoms with E-state index in [0.29, 0.717) is 42.0 Å². The van der Waals surface area contributed by atoms with Gasteiger partial charge in [0.2, 0.25) is 0 Å². The lowest BCUT2D eigenvalue weighted by molar-refractivity contribution is -0.139. The molecule has 0 bridgehead atoms. The van der Waals surface area contributed by atoms with Crippen molar-refractivity contribution in [2.24, 2.45) is 0 Å². The Hall–Kier alpha value is -5.11. The molecule has 2 heterocycles. The molecule has 4 aromatic carbocycles. The topological polar surface area (TPSA) is 88.5 Å². The molecule has 8 nitrogen and oxygen atoms in total. The molecule has 6 rings (SSSR count). The smallest absolute Gasteiger partial charge is 0.416 e. The predicted molar refractivity (Wildman–Crippen MR) is 241 cm³/mol. The maximum Gasteiger partial charge on any atom is 0.416 e. The Morgan fingerprint density at radius 1 is 0.641 bits per heavy atom. The van der Waals surface area contributed by atoms with Crippen molar-refractivity contribution in [3.8, 4) is 11.5 Å². The number of benzene rings is 4. The first-order valence-electron chi connectivity index (χ1n) is 20.6. The van der Waals surface area contributed by atoms with Crippen LogP contribution in [0.1, 0.15) is 133 Å². The van der Waals surface area contributed by atoms with Crippen molar-refractivity contribution in [1.29, 1.82) is 0 Å². The average Bonchev–Trinajstić information content (AvgIpc) is 3.79. The Morgan fingerprint density at radius 3 is 1.48 bits per heavy atom. The van der Waals surface area contributed by atoms with Gasteiger partial charge >= 0.3 is 24.5 Å². The van der Waals surface area contributed by atoms with Gasteiger partial charge in [0.1, 0.15) is 29.3 Å². The summed E-state index contributed by atoms with van der Waals surface area (Å²) in [5.74, 6) is 0.504. The molecule has 0 aromatic heterocycles. The summed E-state index contributed by atoms with van der Waals surface area (Å²) in [6, 6.07) is 19.0. The zero-order valence-corrected chi connectivity index (χ0v) is 38.1. The minimum atomic E-state index is -4.41. The lowest BCUT2D eigenvalue weighted by atomic mass is 9.95. The molecular weight excluding hydrogens is 862 g/mol. The van der Waals surface area contributed by atoms with Gasteiger partial charge in [0.15, 0.2) is 0 Å². The molecule has 2 aliphatic rings. The SMILES string of the molecule is C.CC(C)(C)OC(=O)N1CCc2cc(O)ccc21.CC(C)c1ccc(CCl)cc1C(F)(F)F.CC(C)c1ccc(COc2ccc3c(c2)CCN3C(=O)OC(C)(C)C)cc1C(F)(F)F. The zero-order chi connectivity index (χ0) is 47.2. The number of carbonyl (C=O) groups is 2. The number of phenols is 1. The van der Waals surface area contributed by atoms with Crippen molar-refractivity contribution < 1.29 is 55.2 Å². The van der Waals surface area contributed by atoms with Crippen molar-refractivity contribution in [3.63, 3.8) is 0 Å². The Bertz CT molecular complexity index is 2230. The van der Waals surface area contributed by atoms with Crippen LogP contribution in [-0.2, 0) is 47.2 Å². The van der Waals surface area contributed by atoms with E-state index in [1.807, 2.05) is 47.6 Å². The van der Waals surface area contributed by atoms with Crippen molar-refractivity contribution >= 4 is 35.2 Å². The summed E-state index contributed by atoms with van der Waals surface area (Å²) in [7, 11) is 0. The van der Waals surface area contributed by atoms with Crippen LogP contribution in [-0.4, -0.2) is 41.6 Å². The number of hydrogen-bond donors (Lipinski definition) is 1. The second-order valence-electron chi connectivity index (χ2n) is 17.9. The van der Waals surface area contributed by atoms with Gasteiger partial charge in [-0.25, -0.2) is 9.59 Å². The molecule has 0 radical (unpaired) electrons. The maximum atomic E-state index is 13.4. The van der Waals surface area contributed by atoms with Crippen LogP contribution in [0.25, 0.3) is 0 Å². The van der Waals surface area contributed by atoms with Crippen LogP contribution in [0, 0.1) is 0 Å². The minimum absolute atomic E-state index is 0. The number of nitrogens with zero attached hydrogens (tertiary/aromatic N) is 2. The molecule has 0 saturated carbocycles. The summed E-state index contributed by atoms with van der Waals surface area (Å²) in [5, 5.41) is 9.37. The zero-order valence-electron chi connectivity index (χ0n) is 37.4. The Balaban J connectivity index is 0.000000279. The van der Waals surface area contributed by atoms with E-state index in [1.54, 1.807) is 80.0 Å². The first-order valence-corrected chi connectivity index (χ1v) is 21.2. The van der Waals surface area contributed by atoms with Crippen molar-refractivity contribution in [2.75, 3.05) is 22.9 Å². The second kappa shape index (κ2) is 21.3. The summed E-state index contributed by atoms with van der Waals surface area (Å²) in [5.41, 5.74) is 2.79. The number of rotatable bonds is 6. The summed E-state index contributed by atoms with van der Waals surface area (Å²) < 4.78 is 94.9. The monoisotopic (exact) mass is 922 g/mol. The number of aromatic hydroxyl groups is 1. The molecule has 4 aromatic rings. The van der Waals surface area contributed by atoms with Crippen molar-refractivity contribution in [3.05, 3.63) is 117 Å². The van der Waals surface area contributed by atoms with Gasteiger partial charge in [-0.1, -0.05) is 59.4 Å². The van der Waals surface area contributed by atoms with E-state index in [1.165, 1.54) is 12.1 Å². The van der Waals surface area contributed by atoms with Crippen LogP contribution in [0.15, 0.2) is 72.8 Å². The number of fused-ring (bicyclic) bond motifs is 2. The highest BCUT2D eigenvalue weighted by Crippen LogP contribution is 2.38. The van der Waals surface area contributed by atoms with E-state index >= 15 is 0 Å². The van der Waals surface area contributed by atoms with E-state index in [2.05, 4.69) is 0 Å². The lowest BCUT2D eigenvalue weighted by Crippen LogP contribution is -2.35. The molecular formula is C49H61ClF6N2O6. The molecule has 0 saturated heterocycles. The van der Waals surface area contributed by atoms with Gasteiger partial charge in [0.05, 0.1) is 22.5 Å². The predicted octanol–water partition coefficient (Wildman–Crippen LogP) is 14.6. The summed E-state index contributed by atoms with van der Waals surface area (Å²) in [4.78, 5) is 27.5. The van der Waals surface area contributed by atoms with Crippen LogP contribution >= 0.6 is 11.6 Å². The highest BCUT2D eigenvalue weighted by molar-refractivity contribution is 6.17. The number of halogens is 7. The van der Waals surface area contributed by atoms with Crippen LogP contribution < -0.4 is 14.5 Å².